The van der Waals surface area contributed by atoms with Crippen LogP contribution in [-0.2, 0) is 6.18 Å². The summed E-state index contributed by atoms with van der Waals surface area (Å²) in [4.78, 5) is 12.6. The van der Waals surface area contributed by atoms with Gasteiger partial charge in [-0.3, -0.25) is 0 Å². The Morgan fingerprint density at radius 1 is 1.09 bits per heavy atom. The van der Waals surface area contributed by atoms with Gasteiger partial charge in [-0.1, -0.05) is 6.92 Å². The van der Waals surface area contributed by atoms with E-state index in [2.05, 4.69) is 27.1 Å². The summed E-state index contributed by atoms with van der Waals surface area (Å²) in [6.45, 7) is 7.71. The van der Waals surface area contributed by atoms with Crippen molar-refractivity contribution in [2.75, 3.05) is 48.7 Å². The van der Waals surface area contributed by atoms with E-state index in [1.54, 1.807) is 13.0 Å². The van der Waals surface area contributed by atoms with E-state index in [4.69, 9.17) is 17.3 Å². The summed E-state index contributed by atoms with van der Waals surface area (Å²) < 4.78 is 54.7. The van der Waals surface area contributed by atoms with Gasteiger partial charge in [-0.05, 0) is 54.9 Å². The molecule has 11 heteroatoms. The van der Waals surface area contributed by atoms with Gasteiger partial charge in [0.1, 0.15) is 11.6 Å². The van der Waals surface area contributed by atoms with Crippen molar-refractivity contribution < 1.29 is 17.6 Å². The highest BCUT2D eigenvalue weighted by Crippen LogP contribution is 2.35. The fourth-order valence-electron chi connectivity index (χ4n) is 4.15. The number of anilines is 3. The molecule has 0 spiro atoms. The number of nitrogens with zero attached hydrogens (tertiary/aromatic N) is 4. The number of likely N-dealkylation sites (N-methyl/N-ethyl adjacent to an activating group) is 1. The molecule has 1 aliphatic rings. The number of hydrogen-bond acceptors (Lipinski definition) is 6. The van der Waals surface area contributed by atoms with Gasteiger partial charge in [0.2, 0.25) is 5.28 Å². The second-order valence-corrected chi connectivity index (χ2v) is 8.67. The molecule has 3 N–H and O–H groups in total. The van der Waals surface area contributed by atoms with Crippen LogP contribution in [0.3, 0.4) is 0 Å². The van der Waals surface area contributed by atoms with Crippen LogP contribution in [0.4, 0.5) is 34.8 Å². The third kappa shape index (κ3) is 5.12. The molecule has 1 fully saturated rings. The van der Waals surface area contributed by atoms with Gasteiger partial charge in [0.05, 0.1) is 22.8 Å². The molecular formula is C23H25ClF4N6. The van der Waals surface area contributed by atoms with E-state index >= 15 is 0 Å². The second-order valence-electron chi connectivity index (χ2n) is 8.34. The quantitative estimate of drug-likeness (QED) is 0.282. The number of nitrogen functional groups attached to an aromatic ring is 1. The molecule has 0 aliphatic carbocycles. The number of fused-ring (bicyclic) bond motifs is 1. The summed E-state index contributed by atoms with van der Waals surface area (Å²) in [5, 5.41) is 3.52. The Morgan fingerprint density at radius 2 is 1.79 bits per heavy atom. The van der Waals surface area contributed by atoms with Crippen molar-refractivity contribution in [3.05, 3.63) is 52.6 Å². The fourth-order valence-corrected chi connectivity index (χ4v) is 4.32. The van der Waals surface area contributed by atoms with Crippen molar-refractivity contribution in [1.82, 2.24) is 14.9 Å². The number of nitrogens with one attached hydrogen (secondary N) is 1. The maximum absolute atomic E-state index is 15.0. The lowest BCUT2D eigenvalue weighted by molar-refractivity contribution is -0.137. The van der Waals surface area contributed by atoms with E-state index in [0.717, 1.165) is 31.8 Å². The molecule has 6 nitrogen and oxygen atoms in total. The zero-order valence-corrected chi connectivity index (χ0v) is 19.5. The van der Waals surface area contributed by atoms with E-state index in [1.165, 1.54) is 12.1 Å². The van der Waals surface area contributed by atoms with Crippen LogP contribution >= 0.6 is 11.6 Å². The summed E-state index contributed by atoms with van der Waals surface area (Å²) in [5.74, 6) is -0.121. The molecule has 0 saturated carbocycles. The number of rotatable bonds is 5. The lowest BCUT2D eigenvalue weighted by atomic mass is 10.0. The molecule has 2 aromatic carbocycles. The van der Waals surface area contributed by atoms with Gasteiger partial charge >= 0.3 is 6.18 Å². The van der Waals surface area contributed by atoms with Gasteiger partial charge in [0.25, 0.3) is 0 Å². The molecule has 182 valence electrons. The molecule has 4 rings (SSSR count). The van der Waals surface area contributed by atoms with Crippen LogP contribution in [0.1, 0.15) is 31.0 Å². The Morgan fingerprint density at radius 3 is 2.44 bits per heavy atom. The van der Waals surface area contributed by atoms with Crippen LogP contribution in [0.25, 0.3) is 10.9 Å². The average Bonchev–Trinajstić information content (AvgIpc) is 2.77. The number of alkyl halides is 3. The van der Waals surface area contributed by atoms with Crippen LogP contribution in [0.5, 0.6) is 0 Å². The first kappa shape index (κ1) is 24.3. The maximum Gasteiger partial charge on any atom is 0.416 e. The Labute approximate surface area is 199 Å². The van der Waals surface area contributed by atoms with Gasteiger partial charge < -0.3 is 20.9 Å². The molecule has 2 heterocycles. The SMILES string of the molecule is CCN1CCN(c2cc3c(NC(C)c4cc(N)cc(C(F)(F)F)c4)nc(Cl)nc3cc2F)CC1. The highest BCUT2D eigenvalue weighted by Gasteiger charge is 2.31. The predicted molar refractivity (Wildman–Crippen MR) is 127 cm³/mol. The van der Waals surface area contributed by atoms with Gasteiger partial charge in [-0.25, -0.2) is 14.4 Å². The average molecular weight is 497 g/mol. The number of hydrogen-bond donors (Lipinski definition) is 2. The summed E-state index contributed by atoms with van der Waals surface area (Å²) in [7, 11) is 0. The van der Waals surface area contributed by atoms with Crippen molar-refractivity contribution >= 4 is 39.7 Å². The van der Waals surface area contributed by atoms with Crippen molar-refractivity contribution in [3.8, 4) is 0 Å². The topological polar surface area (TPSA) is 70.3 Å². The first-order valence-corrected chi connectivity index (χ1v) is 11.3. The van der Waals surface area contributed by atoms with E-state index < -0.39 is 23.6 Å². The first-order valence-electron chi connectivity index (χ1n) is 10.9. The lowest BCUT2D eigenvalue weighted by Gasteiger charge is -2.35. The molecule has 0 radical (unpaired) electrons. The minimum Gasteiger partial charge on any atom is -0.399 e. The van der Waals surface area contributed by atoms with Crippen molar-refractivity contribution in [1.29, 1.82) is 0 Å². The summed E-state index contributed by atoms with van der Waals surface area (Å²) in [6.07, 6.45) is -4.52. The third-order valence-electron chi connectivity index (χ3n) is 6.06. The zero-order chi connectivity index (χ0) is 24.6. The van der Waals surface area contributed by atoms with E-state index in [9.17, 15) is 17.6 Å². The van der Waals surface area contributed by atoms with Crippen LogP contribution in [-0.4, -0.2) is 47.6 Å². The standard InChI is InChI=1S/C23H25ClF4N6/c1-3-33-4-6-34(7-5-33)20-11-17-19(12-18(20)25)31-22(24)32-21(17)30-13(2)14-8-15(23(26,27)28)10-16(29)9-14/h8-13H,3-7,29H2,1-2H3,(H,30,31,32). The van der Waals surface area contributed by atoms with E-state index in [1.807, 2.05) is 4.90 Å². The monoisotopic (exact) mass is 496 g/mol. The summed E-state index contributed by atoms with van der Waals surface area (Å²) in [6, 6.07) is 5.77. The van der Waals surface area contributed by atoms with Crippen molar-refractivity contribution in [2.45, 2.75) is 26.1 Å². The minimum atomic E-state index is -4.52. The Balaban J connectivity index is 1.69. The van der Waals surface area contributed by atoms with Gasteiger partial charge in [0.15, 0.2) is 0 Å². The molecule has 1 aliphatic heterocycles. The molecular weight excluding hydrogens is 472 g/mol. The summed E-state index contributed by atoms with van der Waals surface area (Å²) >= 11 is 6.07. The van der Waals surface area contributed by atoms with Crippen LogP contribution < -0.4 is 16.0 Å². The molecule has 1 atom stereocenters. The van der Waals surface area contributed by atoms with Crippen molar-refractivity contribution in [2.24, 2.45) is 0 Å². The van der Waals surface area contributed by atoms with Crippen molar-refractivity contribution in [3.63, 3.8) is 0 Å². The molecule has 1 saturated heterocycles. The maximum atomic E-state index is 15.0. The van der Waals surface area contributed by atoms with Crippen LogP contribution in [0, 0.1) is 5.82 Å². The van der Waals surface area contributed by atoms with Gasteiger partial charge in [0, 0.05) is 43.3 Å². The molecule has 3 aromatic rings. The Kier molecular flexibility index (Phi) is 6.73. The van der Waals surface area contributed by atoms with E-state index in [0.29, 0.717) is 41.1 Å². The van der Waals surface area contributed by atoms with Gasteiger partial charge in [-0.15, -0.1) is 0 Å². The zero-order valence-electron chi connectivity index (χ0n) is 18.8. The third-order valence-corrected chi connectivity index (χ3v) is 6.22. The van der Waals surface area contributed by atoms with Gasteiger partial charge in [-0.2, -0.15) is 13.2 Å². The predicted octanol–water partition coefficient (Wildman–Crippen LogP) is 5.34. The first-order chi connectivity index (χ1) is 16.0. The Hall–Kier alpha value is -2.85. The molecule has 34 heavy (non-hydrogen) atoms. The van der Waals surface area contributed by atoms with E-state index in [-0.39, 0.29) is 11.0 Å². The summed E-state index contributed by atoms with van der Waals surface area (Å²) in [5.41, 5.74) is 5.93. The largest absolute Gasteiger partial charge is 0.416 e. The highest BCUT2D eigenvalue weighted by molar-refractivity contribution is 6.28. The molecule has 0 bridgehead atoms. The highest BCUT2D eigenvalue weighted by atomic mass is 35.5. The Bertz CT molecular complexity index is 1190. The minimum absolute atomic E-state index is 0.000341. The smallest absolute Gasteiger partial charge is 0.399 e. The number of piperazine rings is 1. The number of aromatic nitrogens is 2. The second kappa shape index (κ2) is 9.42. The lowest BCUT2D eigenvalue weighted by Crippen LogP contribution is -2.46. The molecule has 1 unspecified atom stereocenters. The van der Waals surface area contributed by atoms with Crippen LogP contribution in [0.2, 0.25) is 5.28 Å². The number of halogens is 5. The molecule has 0 amide bonds. The number of nitrogens with two attached hydrogens (primary N) is 1. The van der Waals surface area contributed by atoms with Crippen LogP contribution in [0.15, 0.2) is 30.3 Å². The molecule has 1 aromatic heterocycles. The normalized spacial score (nSPS) is 16.1. The number of benzene rings is 2. The fraction of sp³-hybridized carbons (Fsp3) is 0.391.